The van der Waals surface area contributed by atoms with Crippen molar-refractivity contribution in [3.63, 3.8) is 0 Å². The van der Waals surface area contributed by atoms with Crippen molar-refractivity contribution in [1.29, 1.82) is 0 Å². The lowest BCUT2D eigenvalue weighted by molar-refractivity contribution is -0.193. The van der Waals surface area contributed by atoms with E-state index in [9.17, 15) is 31.2 Å². The van der Waals surface area contributed by atoms with E-state index >= 15 is 0 Å². The summed E-state index contributed by atoms with van der Waals surface area (Å²) in [6, 6.07) is 9.24. The summed E-state index contributed by atoms with van der Waals surface area (Å²) in [5, 5.41) is 2.88. The van der Waals surface area contributed by atoms with Crippen LogP contribution >= 0.6 is 0 Å². The fourth-order valence-electron chi connectivity index (χ4n) is 7.46. The maximum absolute atomic E-state index is 14.6. The minimum atomic E-state index is -4.51. The number of anilines is 1. The molecule has 4 bridgehead atoms. The molecule has 11 nitrogen and oxygen atoms in total. The number of aryl methyl sites for hydroxylation is 2. The number of hydrogen-bond acceptors (Lipinski definition) is 8. The number of benzene rings is 2. The molecule has 2 N–H and O–H groups in total. The van der Waals surface area contributed by atoms with E-state index in [0.29, 0.717) is 36.9 Å². The smallest absolute Gasteiger partial charge is 0.407 e. The maximum Gasteiger partial charge on any atom is 0.407 e. The van der Waals surface area contributed by atoms with Gasteiger partial charge in [0.25, 0.3) is 15.9 Å². The van der Waals surface area contributed by atoms with E-state index in [4.69, 9.17) is 9.47 Å². The van der Waals surface area contributed by atoms with Gasteiger partial charge in [-0.2, -0.15) is 18.2 Å². The first-order valence-electron chi connectivity index (χ1n) is 17.9. The van der Waals surface area contributed by atoms with E-state index in [2.05, 4.69) is 20.0 Å². The Morgan fingerprint density at radius 3 is 2.26 bits per heavy atom. The Balaban J connectivity index is 1.44. The predicted octanol–water partition coefficient (Wildman–Crippen LogP) is 7.64. The molecular formula is C38H46F3N5O6S. The highest BCUT2D eigenvalue weighted by molar-refractivity contribution is 7.92. The van der Waals surface area contributed by atoms with Crippen LogP contribution in [0.2, 0.25) is 0 Å². The fraction of sp³-hybridized carbons (Fsp3) is 0.526. The van der Waals surface area contributed by atoms with Gasteiger partial charge in [-0.3, -0.25) is 4.79 Å². The number of rotatable bonds is 5. The van der Waals surface area contributed by atoms with Crippen LogP contribution in [0.4, 0.5) is 23.9 Å². The number of carbonyl (C=O) groups is 2. The molecule has 2 fully saturated rings. The molecule has 0 saturated heterocycles. The Bertz CT molecular complexity index is 1980. The molecule has 3 aliphatic rings. The molecule has 0 spiro atoms. The normalized spacial score (nSPS) is 22.6. The second-order valence-corrected chi connectivity index (χ2v) is 17.2. The van der Waals surface area contributed by atoms with E-state index in [0.717, 1.165) is 16.7 Å². The zero-order valence-electron chi connectivity index (χ0n) is 30.8. The first-order chi connectivity index (χ1) is 24.8. The van der Waals surface area contributed by atoms with Crippen molar-refractivity contribution in [2.24, 2.45) is 5.41 Å². The van der Waals surface area contributed by atoms with Gasteiger partial charge in [0.15, 0.2) is 0 Å². The molecule has 3 aromatic rings. The predicted molar refractivity (Wildman–Crippen MR) is 192 cm³/mol. The van der Waals surface area contributed by atoms with E-state index in [-0.39, 0.29) is 47.8 Å². The number of nitrogens with zero attached hydrogens (tertiary/aromatic N) is 3. The van der Waals surface area contributed by atoms with Gasteiger partial charge in [0.05, 0.1) is 22.0 Å². The minimum Gasteiger partial charge on any atom is -0.475 e. The Labute approximate surface area is 308 Å². The third-order valence-corrected chi connectivity index (χ3v) is 11.7. The third kappa shape index (κ3) is 8.24. The zero-order chi connectivity index (χ0) is 38.5. The van der Waals surface area contributed by atoms with Crippen molar-refractivity contribution in [2.75, 3.05) is 11.3 Å². The largest absolute Gasteiger partial charge is 0.475 e. The molecule has 0 radical (unpaired) electrons. The van der Waals surface area contributed by atoms with E-state index in [1.165, 1.54) is 29.2 Å². The molecule has 2 aliphatic carbocycles. The van der Waals surface area contributed by atoms with Gasteiger partial charge < -0.3 is 19.7 Å². The summed E-state index contributed by atoms with van der Waals surface area (Å²) in [7, 11) is -4.34. The van der Waals surface area contributed by atoms with E-state index in [1.54, 1.807) is 27.7 Å². The molecule has 53 heavy (non-hydrogen) atoms. The molecule has 2 amide bonds. The number of amides is 2. The molecule has 2 saturated carbocycles. The zero-order valence-corrected chi connectivity index (χ0v) is 31.6. The van der Waals surface area contributed by atoms with Crippen LogP contribution in [-0.2, 0) is 14.8 Å². The van der Waals surface area contributed by atoms with Crippen LogP contribution in [0.25, 0.3) is 11.3 Å². The SMILES string of the molecule is Cc1cccc(C)c1-c1nc2nc(c1C)OC[C@@H](CC1(C(F)(F)F)CC1)N(C1CCC(NC(=O)OC(C)(C)C)CC1)C(=O)c1cccc(c1)S(=O)(=O)N2. The molecule has 1 atom stereocenters. The van der Waals surface area contributed by atoms with Crippen molar-refractivity contribution >= 4 is 28.0 Å². The number of ether oxygens (including phenoxy) is 2. The fourth-order valence-corrected chi connectivity index (χ4v) is 8.45. The number of carbonyl (C=O) groups excluding carboxylic acids is 2. The summed E-state index contributed by atoms with van der Waals surface area (Å²) in [6.45, 7) is 10.4. The average molecular weight is 758 g/mol. The van der Waals surface area contributed by atoms with Crippen LogP contribution in [0.5, 0.6) is 5.88 Å². The van der Waals surface area contributed by atoms with Crippen molar-refractivity contribution in [3.8, 4) is 17.1 Å². The monoisotopic (exact) mass is 757 g/mol. The van der Waals surface area contributed by atoms with Crippen LogP contribution in [0, 0.1) is 26.2 Å². The Kier molecular flexibility index (Phi) is 10.2. The Morgan fingerprint density at radius 1 is 1.02 bits per heavy atom. The van der Waals surface area contributed by atoms with Crippen molar-refractivity contribution < 1.29 is 40.7 Å². The summed E-state index contributed by atoms with van der Waals surface area (Å²) >= 11 is 0. The van der Waals surface area contributed by atoms with Crippen LogP contribution in [0.1, 0.15) is 92.8 Å². The summed E-state index contributed by atoms with van der Waals surface area (Å²) < 4.78 is 85.6. The number of hydrogen-bond donors (Lipinski definition) is 2. The highest BCUT2D eigenvalue weighted by Gasteiger charge is 2.64. The van der Waals surface area contributed by atoms with Crippen LogP contribution in [-0.4, -0.2) is 71.8 Å². The Morgan fingerprint density at radius 2 is 1.66 bits per heavy atom. The number of alkyl halides is 3. The molecule has 1 aliphatic heterocycles. The average Bonchev–Trinajstić information content (AvgIpc) is 3.86. The van der Waals surface area contributed by atoms with Gasteiger partial charge in [-0.15, -0.1) is 0 Å². The minimum absolute atomic E-state index is 0.00279. The Hall–Kier alpha value is -4.40. The molecule has 1 aromatic heterocycles. The van der Waals surface area contributed by atoms with Gasteiger partial charge in [0.1, 0.15) is 12.2 Å². The molecule has 2 heterocycles. The molecular weight excluding hydrogens is 712 g/mol. The number of sulfonamides is 1. The van der Waals surface area contributed by atoms with Crippen molar-refractivity contribution in [3.05, 3.63) is 64.7 Å². The van der Waals surface area contributed by atoms with Crippen molar-refractivity contribution in [2.45, 2.75) is 121 Å². The van der Waals surface area contributed by atoms with Gasteiger partial charge in [-0.1, -0.05) is 24.3 Å². The van der Waals surface area contributed by atoms with E-state index in [1.807, 2.05) is 32.0 Å². The van der Waals surface area contributed by atoms with Gasteiger partial charge in [0.2, 0.25) is 11.8 Å². The lowest BCUT2D eigenvalue weighted by atomic mass is 9.87. The van der Waals surface area contributed by atoms with Crippen LogP contribution < -0.4 is 14.8 Å². The van der Waals surface area contributed by atoms with Gasteiger partial charge >= 0.3 is 12.3 Å². The molecule has 0 unspecified atom stereocenters. The van der Waals surface area contributed by atoms with Crippen molar-refractivity contribution in [1.82, 2.24) is 20.2 Å². The summed E-state index contributed by atoms with van der Waals surface area (Å²) in [5.74, 6) is -0.902. The molecule has 286 valence electrons. The molecule has 2 aromatic carbocycles. The second-order valence-electron chi connectivity index (χ2n) is 15.5. The second kappa shape index (κ2) is 14.1. The quantitative estimate of drug-likeness (QED) is 0.271. The number of aromatic nitrogens is 2. The summed E-state index contributed by atoms with van der Waals surface area (Å²) in [4.78, 5) is 37.4. The topological polar surface area (TPSA) is 140 Å². The number of halogens is 3. The lowest BCUT2D eigenvalue weighted by Gasteiger charge is -2.43. The number of fused-ring (bicyclic) bond motifs is 4. The highest BCUT2D eigenvalue weighted by atomic mass is 32.2. The van der Waals surface area contributed by atoms with Gasteiger partial charge in [-0.05, 0) is 116 Å². The lowest BCUT2D eigenvalue weighted by Crippen LogP contribution is -2.54. The van der Waals surface area contributed by atoms with Gasteiger partial charge in [0, 0.05) is 28.8 Å². The molecule has 15 heteroatoms. The maximum atomic E-state index is 14.6. The summed E-state index contributed by atoms with van der Waals surface area (Å²) in [6.07, 6.45) is -4.02. The third-order valence-electron chi connectivity index (χ3n) is 10.4. The number of nitrogens with one attached hydrogen (secondary N) is 2. The van der Waals surface area contributed by atoms with Crippen LogP contribution in [0.3, 0.4) is 0 Å². The first kappa shape index (κ1) is 38.3. The number of alkyl carbamates (subject to hydrolysis) is 1. The molecule has 6 rings (SSSR count). The first-order valence-corrected chi connectivity index (χ1v) is 19.3. The van der Waals surface area contributed by atoms with Crippen LogP contribution in [0.15, 0.2) is 47.4 Å². The van der Waals surface area contributed by atoms with Gasteiger partial charge in [-0.25, -0.2) is 22.9 Å². The highest BCUT2D eigenvalue weighted by Crippen LogP contribution is 2.61. The van der Waals surface area contributed by atoms with E-state index < -0.39 is 57.7 Å². The standard InChI is InChI=1S/C38H46F3N5O6S/c1-22-9-7-10-23(2)30(22)31-24(3)32-44-34(43-31)45-53(49,50)29-12-8-11-25(19-29)33(47)46(28(21-51-32)20-37(17-18-37)38(39,40)41)27-15-13-26(14-16-27)42-35(48)52-36(4,5)6/h7-12,19,26-28H,13-18,20-21H2,1-6H3,(H,42,48)(H,43,44,45)/t26?,27?,28-/m1/s1. The summed E-state index contributed by atoms with van der Waals surface area (Å²) in [5.41, 5.74) is 0.644.